The highest BCUT2D eigenvalue weighted by Crippen LogP contribution is 2.34. The van der Waals surface area contributed by atoms with Crippen molar-refractivity contribution in [2.45, 2.75) is 6.18 Å². The first kappa shape index (κ1) is 15.5. The van der Waals surface area contributed by atoms with E-state index in [1.54, 1.807) is 0 Å². The van der Waals surface area contributed by atoms with Crippen molar-refractivity contribution in [1.29, 1.82) is 5.26 Å². The van der Waals surface area contributed by atoms with Crippen LogP contribution < -0.4 is 3.53 Å². The summed E-state index contributed by atoms with van der Waals surface area (Å²) in [4.78, 5) is 14.6. The van der Waals surface area contributed by atoms with E-state index in [0.29, 0.717) is 5.56 Å². The summed E-state index contributed by atoms with van der Waals surface area (Å²) in [6.07, 6.45) is -0.971. The molecule has 3 aromatic heterocycles. The molecule has 0 atom stereocenters. The van der Waals surface area contributed by atoms with Gasteiger partial charge in [-0.05, 0) is 6.07 Å². The fraction of sp³-hybridized carbons (Fsp3) is 0.0769. The molecule has 2 N–H and O–H groups in total. The smallest absolute Gasteiger partial charge is 0.345 e. The maximum atomic E-state index is 12.9. The van der Waals surface area contributed by atoms with E-state index in [1.165, 1.54) is 12.4 Å². The van der Waals surface area contributed by atoms with Gasteiger partial charge in [-0.25, -0.2) is 15.0 Å². The van der Waals surface area contributed by atoms with E-state index in [2.05, 4.69) is 23.5 Å². The van der Waals surface area contributed by atoms with Gasteiger partial charge in [-0.2, -0.15) is 18.4 Å². The Balaban J connectivity index is 2.27. The van der Waals surface area contributed by atoms with Crippen LogP contribution in [-0.2, 0) is 6.18 Å². The lowest BCUT2D eigenvalue weighted by molar-refractivity contribution is -0.137. The Kier molecular flexibility index (Phi) is 3.80. The molecule has 6 nitrogen and oxygen atoms in total. The van der Waals surface area contributed by atoms with Crippen LogP contribution in [-0.4, -0.2) is 19.9 Å². The van der Waals surface area contributed by atoms with E-state index >= 15 is 0 Å². The van der Waals surface area contributed by atoms with E-state index in [1.807, 2.05) is 28.9 Å². The lowest BCUT2D eigenvalue weighted by Crippen LogP contribution is -2.05. The molecule has 0 saturated carbocycles. The van der Waals surface area contributed by atoms with E-state index < -0.39 is 11.7 Å². The number of nitrogens with zero attached hydrogens (tertiary/aromatic N) is 4. The molecule has 0 aliphatic heterocycles. The van der Waals surface area contributed by atoms with Crippen molar-refractivity contribution < 1.29 is 13.2 Å². The fourth-order valence-electron chi connectivity index (χ4n) is 2.07. The van der Waals surface area contributed by atoms with Crippen molar-refractivity contribution in [3.8, 4) is 17.3 Å². The first-order valence-electron chi connectivity index (χ1n) is 6.12. The van der Waals surface area contributed by atoms with Crippen molar-refractivity contribution in [1.82, 2.24) is 19.9 Å². The molecule has 10 heteroatoms. The van der Waals surface area contributed by atoms with Crippen LogP contribution in [0.3, 0.4) is 0 Å². The minimum Gasteiger partial charge on any atom is -0.345 e. The highest BCUT2D eigenvalue weighted by Gasteiger charge is 2.31. The summed E-state index contributed by atoms with van der Waals surface area (Å²) in [5.74, 6) is 0.244. The zero-order valence-electron chi connectivity index (χ0n) is 11.1. The number of aromatic nitrogens is 4. The number of halogens is 4. The molecule has 0 saturated heterocycles. The molecule has 3 rings (SSSR count). The van der Waals surface area contributed by atoms with Gasteiger partial charge in [0, 0.05) is 23.3 Å². The Morgan fingerprint density at radius 3 is 2.70 bits per heavy atom. The Labute approximate surface area is 141 Å². The molecular formula is C13H6F3IN6. The number of nitrogens with one attached hydrogen (secondary N) is 2. The van der Waals surface area contributed by atoms with Crippen molar-refractivity contribution >= 4 is 39.8 Å². The SMILES string of the molecule is N#Cc1cnc(NI)nc1-c1c[nH]c2ncc(C(F)(F)F)cc12. The number of hydrogen-bond donors (Lipinski definition) is 2. The number of hydrogen-bond acceptors (Lipinski definition) is 5. The summed E-state index contributed by atoms with van der Waals surface area (Å²) in [7, 11) is 0. The molecule has 0 aromatic carbocycles. The molecule has 0 radical (unpaired) electrons. The number of H-pyrrole nitrogens is 1. The third-order valence-electron chi connectivity index (χ3n) is 3.11. The lowest BCUT2D eigenvalue weighted by Gasteiger charge is -2.07. The lowest BCUT2D eigenvalue weighted by atomic mass is 10.1. The summed E-state index contributed by atoms with van der Waals surface area (Å²) in [5, 5.41) is 9.41. The maximum Gasteiger partial charge on any atom is 0.417 e. The molecule has 0 spiro atoms. The van der Waals surface area contributed by atoms with Crippen LogP contribution >= 0.6 is 22.9 Å². The van der Waals surface area contributed by atoms with Crippen LogP contribution in [0.25, 0.3) is 22.3 Å². The molecular weight excluding hydrogens is 424 g/mol. The normalized spacial score (nSPS) is 11.4. The predicted octanol–water partition coefficient (Wildman–Crippen LogP) is 3.67. The van der Waals surface area contributed by atoms with Crippen molar-refractivity contribution in [3.63, 3.8) is 0 Å². The Hall–Kier alpha value is -2.42. The summed E-state index contributed by atoms with van der Waals surface area (Å²) >= 11 is 1.82. The van der Waals surface area contributed by atoms with Gasteiger partial charge in [-0.1, -0.05) is 0 Å². The molecule has 3 heterocycles. The van der Waals surface area contributed by atoms with Crippen molar-refractivity contribution in [2.24, 2.45) is 0 Å². The standard InChI is InChI=1S/C13H6F3IN6/c14-13(15,16)7-1-8-9(5-20-11(8)19-4-7)10-6(2-18)3-21-12(22-10)23-17/h1,3-5H,(H,19,20)(H,21,22,23). The third kappa shape index (κ3) is 2.79. The maximum absolute atomic E-state index is 12.9. The van der Waals surface area contributed by atoms with Gasteiger partial charge in [0.15, 0.2) is 0 Å². The molecule has 0 bridgehead atoms. The number of pyridine rings is 1. The largest absolute Gasteiger partial charge is 0.417 e. The number of anilines is 1. The average molecular weight is 430 g/mol. The summed E-state index contributed by atoms with van der Waals surface area (Å²) in [5.41, 5.74) is 0.142. The number of rotatable bonds is 2. The van der Waals surface area contributed by atoms with Crippen molar-refractivity contribution in [3.05, 3.63) is 35.8 Å². The predicted molar refractivity (Wildman–Crippen MR) is 84.5 cm³/mol. The number of fused-ring (bicyclic) bond motifs is 1. The molecule has 0 aliphatic carbocycles. The second-order valence-electron chi connectivity index (χ2n) is 4.48. The molecule has 0 amide bonds. The van der Waals surface area contributed by atoms with Gasteiger partial charge in [0.2, 0.25) is 5.95 Å². The van der Waals surface area contributed by atoms with Crippen LogP contribution in [0.2, 0.25) is 0 Å². The van der Waals surface area contributed by atoms with E-state index in [4.69, 9.17) is 0 Å². The first-order valence-corrected chi connectivity index (χ1v) is 7.20. The second-order valence-corrected chi connectivity index (χ2v) is 5.02. The fourth-order valence-corrected chi connectivity index (χ4v) is 2.33. The Bertz CT molecular complexity index is 928. The highest BCUT2D eigenvalue weighted by molar-refractivity contribution is 14.1. The van der Waals surface area contributed by atoms with E-state index in [-0.39, 0.29) is 28.2 Å². The molecule has 3 aromatic rings. The minimum absolute atomic E-state index is 0.152. The first-order chi connectivity index (χ1) is 10.9. The summed E-state index contributed by atoms with van der Waals surface area (Å²) in [6.45, 7) is 0. The van der Waals surface area contributed by atoms with Gasteiger partial charge in [0.05, 0.1) is 45.9 Å². The molecule has 0 fully saturated rings. The van der Waals surface area contributed by atoms with Gasteiger partial charge >= 0.3 is 6.18 Å². The summed E-state index contributed by atoms with van der Waals surface area (Å²) in [6, 6.07) is 2.91. The molecule has 116 valence electrons. The average Bonchev–Trinajstić information content (AvgIpc) is 2.96. The third-order valence-corrected chi connectivity index (χ3v) is 3.59. The van der Waals surface area contributed by atoms with Crippen LogP contribution in [0.4, 0.5) is 19.1 Å². The molecule has 0 unspecified atom stereocenters. The van der Waals surface area contributed by atoms with E-state index in [9.17, 15) is 18.4 Å². The summed E-state index contributed by atoms with van der Waals surface area (Å²) < 4.78 is 41.3. The quantitative estimate of drug-likeness (QED) is 0.479. The minimum atomic E-state index is -4.51. The van der Waals surface area contributed by atoms with Gasteiger partial charge in [-0.3, -0.25) is 3.53 Å². The van der Waals surface area contributed by atoms with Gasteiger partial charge < -0.3 is 4.98 Å². The molecule has 0 aliphatic rings. The topological polar surface area (TPSA) is 90.3 Å². The Morgan fingerprint density at radius 2 is 2.04 bits per heavy atom. The van der Waals surface area contributed by atoms with Crippen LogP contribution in [0.5, 0.6) is 0 Å². The monoisotopic (exact) mass is 430 g/mol. The zero-order chi connectivity index (χ0) is 16.6. The van der Waals surface area contributed by atoms with Gasteiger partial charge in [-0.15, -0.1) is 0 Å². The van der Waals surface area contributed by atoms with Gasteiger partial charge in [0.1, 0.15) is 11.7 Å². The Morgan fingerprint density at radius 1 is 1.26 bits per heavy atom. The van der Waals surface area contributed by atoms with E-state index in [0.717, 1.165) is 12.3 Å². The second kappa shape index (κ2) is 5.65. The highest BCUT2D eigenvalue weighted by atomic mass is 127. The molecule has 23 heavy (non-hydrogen) atoms. The number of aromatic amines is 1. The van der Waals surface area contributed by atoms with Crippen LogP contribution in [0.1, 0.15) is 11.1 Å². The zero-order valence-corrected chi connectivity index (χ0v) is 13.3. The number of nitriles is 1. The van der Waals surface area contributed by atoms with Crippen molar-refractivity contribution in [2.75, 3.05) is 3.53 Å². The number of alkyl halides is 3. The van der Waals surface area contributed by atoms with Gasteiger partial charge in [0.25, 0.3) is 0 Å². The van der Waals surface area contributed by atoms with Crippen LogP contribution in [0.15, 0.2) is 24.7 Å². The van der Waals surface area contributed by atoms with Crippen LogP contribution in [0, 0.1) is 11.3 Å².